The van der Waals surface area contributed by atoms with Gasteiger partial charge in [0.05, 0.1) is 5.52 Å². The average Bonchev–Trinajstić information content (AvgIpc) is 3.28. The summed E-state index contributed by atoms with van der Waals surface area (Å²) in [6.45, 7) is 2.75. The van der Waals surface area contributed by atoms with Gasteiger partial charge in [-0.05, 0) is 38.0 Å². The SMILES string of the molecule is CCn1nnc2cc(C(=O)Nc3nnc(C4CCCCC4)s3)ccc21. The number of fused-ring (bicyclic) bond motifs is 1. The predicted molar refractivity (Wildman–Crippen MR) is 96.9 cm³/mol. The molecule has 0 bridgehead atoms. The van der Waals surface area contributed by atoms with Crippen molar-refractivity contribution in [2.75, 3.05) is 5.32 Å². The number of rotatable bonds is 4. The third-order valence-corrected chi connectivity index (χ3v) is 5.69. The fourth-order valence-electron chi connectivity index (χ4n) is 3.32. The van der Waals surface area contributed by atoms with E-state index in [1.54, 1.807) is 16.8 Å². The largest absolute Gasteiger partial charge is 0.296 e. The van der Waals surface area contributed by atoms with Crippen molar-refractivity contribution < 1.29 is 4.79 Å². The van der Waals surface area contributed by atoms with Crippen molar-refractivity contribution in [1.82, 2.24) is 25.2 Å². The Balaban J connectivity index is 1.49. The van der Waals surface area contributed by atoms with E-state index < -0.39 is 0 Å². The molecule has 1 aliphatic rings. The van der Waals surface area contributed by atoms with E-state index in [-0.39, 0.29) is 5.91 Å². The van der Waals surface area contributed by atoms with Crippen molar-refractivity contribution in [3.63, 3.8) is 0 Å². The molecule has 25 heavy (non-hydrogen) atoms. The van der Waals surface area contributed by atoms with E-state index in [0.717, 1.165) is 22.6 Å². The number of amides is 1. The molecule has 0 radical (unpaired) electrons. The number of carbonyl (C=O) groups is 1. The van der Waals surface area contributed by atoms with Crippen LogP contribution in [0.25, 0.3) is 11.0 Å². The van der Waals surface area contributed by atoms with Gasteiger partial charge in [0, 0.05) is 18.0 Å². The normalized spacial score (nSPS) is 15.6. The summed E-state index contributed by atoms with van der Waals surface area (Å²) in [6, 6.07) is 5.42. The monoisotopic (exact) mass is 356 g/mol. The number of carbonyl (C=O) groups excluding carboxylic acids is 1. The second kappa shape index (κ2) is 6.87. The Morgan fingerprint density at radius 3 is 2.88 bits per heavy atom. The van der Waals surface area contributed by atoms with Gasteiger partial charge in [0.25, 0.3) is 5.91 Å². The van der Waals surface area contributed by atoms with Crippen LogP contribution in [0.4, 0.5) is 5.13 Å². The smallest absolute Gasteiger partial charge is 0.257 e. The van der Waals surface area contributed by atoms with Crippen LogP contribution in [0.15, 0.2) is 18.2 Å². The molecular weight excluding hydrogens is 336 g/mol. The molecule has 1 aliphatic carbocycles. The fourth-order valence-corrected chi connectivity index (χ4v) is 4.22. The molecule has 8 heteroatoms. The zero-order valence-electron chi connectivity index (χ0n) is 14.1. The first-order chi connectivity index (χ1) is 12.2. The predicted octanol–water partition coefficient (Wildman–Crippen LogP) is 3.60. The van der Waals surface area contributed by atoms with Crippen molar-refractivity contribution in [3.8, 4) is 0 Å². The second-order valence-electron chi connectivity index (χ2n) is 6.34. The van der Waals surface area contributed by atoms with Crippen LogP contribution < -0.4 is 5.32 Å². The number of hydrogen-bond acceptors (Lipinski definition) is 6. The van der Waals surface area contributed by atoms with Crippen LogP contribution in [0.1, 0.15) is 60.3 Å². The zero-order chi connectivity index (χ0) is 17.2. The Bertz CT molecular complexity index is 896. The summed E-state index contributed by atoms with van der Waals surface area (Å²) < 4.78 is 1.80. The van der Waals surface area contributed by atoms with Crippen molar-refractivity contribution >= 4 is 33.4 Å². The van der Waals surface area contributed by atoms with Gasteiger partial charge < -0.3 is 0 Å². The third kappa shape index (κ3) is 3.26. The van der Waals surface area contributed by atoms with Crippen LogP contribution in [-0.4, -0.2) is 31.1 Å². The van der Waals surface area contributed by atoms with E-state index in [4.69, 9.17) is 0 Å². The fraction of sp³-hybridized carbons (Fsp3) is 0.471. The highest BCUT2D eigenvalue weighted by molar-refractivity contribution is 7.15. The summed E-state index contributed by atoms with van der Waals surface area (Å²) in [7, 11) is 0. The minimum atomic E-state index is -0.195. The van der Waals surface area contributed by atoms with Gasteiger partial charge in [-0.3, -0.25) is 10.1 Å². The molecule has 0 saturated heterocycles. The summed E-state index contributed by atoms with van der Waals surface area (Å²) in [6.07, 6.45) is 6.16. The van der Waals surface area contributed by atoms with Crippen molar-refractivity contribution in [3.05, 3.63) is 28.8 Å². The number of hydrogen-bond donors (Lipinski definition) is 1. The van der Waals surface area contributed by atoms with Crippen molar-refractivity contribution in [2.24, 2.45) is 0 Å². The Labute approximate surface area is 149 Å². The molecule has 0 atom stereocenters. The van der Waals surface area contributed by atoms with Gasteiger partial charge >= 0.3 is 0 Å². The van der Waals surface area contributed by atoms with Crippen LogP contribution in [0.2, 0.25) is 0 Å². The highest BCUT2D eigenvalue weighted by Gasteiger charge is 2.20. The molecule has 4 rings (SSSR count). The zero-order valence-corrected chi connectivity index (χ0v) is 14.9. The second-order valence-corrected chi connectivity index (χ2v) is 7.35. The number of benzene rings is 1. The van der Waals surface area contributed by atoms with Crippen LogP contribution in [0.3, 0.4) is 0 Å². The van der Waals surface area contributed by atoms with Gasteiger partial charge in [-0.2, -0.15) is 0 Å². The molecular formula is C17H20N6OS. The summed E-state index contributed by atoms with van der Waals surface area (Å²) >= 11 is 1.49. The molecule has 1 N–H and O–H groups in total. The van der Waals surface area contributed by atoms with Crippen molar-refractivity contribution in [1.29, 1.82) is 0 Å². The first-order valence-electron chi connectivity index (χ1n) is 8.72. The van der Waals surface area contributed by atoms with E-state index in [1.807, 2.05) is 13.0 Å². The van der Waals surface area contributed by atoms with Crippen LogP contribution in [0.5, 0.6) is 0 Å². The molecule has 0 aliphatic heterocycles. The molecule has 3 aromatic rings. The van der Waals surface area contributed by atoms with Gasteiger partial charge in [0.1, 0.15) is 10.5 Å². The van der Waals surface area contributed by atoms with E-state index in [0.29, 0.717) is 16.6 Å². The number of anilines is 1. The lowest BCUT2D eigenvalue weighted by atomic mass is 9.90. The molecule has 130 valence electrons. The molecule has 1 saturated carbocycles. The van der Waals surface area contributed by atoms with Gasteiger partial charge in [-0.25, -0.2) is 4.68 Å². The lowest BCUT2D eigenvalue weighted by Crippen LogP contribution is -2.11. The maximum Gasteiger partial charge on any atom is 0.257 e. The summed E-state index contributed by atoms with van der Waals surface area (Å²) in [5, 5.41) is 21.1. The highest BCUT2D eigenvalue weighted by Crippen LogP contribution is 2.35. The van der Waals surface area contributed by atoms with E-state index in [1.165, 1.54) is 43.4 Å². The summed E-state index contributed by atoms with van der Waals surface area (Å²) in [5.41, 5.74) is 2.19. The van der Waals surface area contributed by atoms with Crippen molar-refractivity contribution in [2.45, 2.75) is 51.5 Å². The van der Waals surface area contributed by atoms with Gasteiger partial charge in [0.15, 0.2) is 0 Å². The molecule has 1 fully saturated rings. The Morgan fingerprint density at radius 2 is 2.08 bits per heavy atom. The van der Waals surface area contributed by atoms with Crippen LogP contribution >= 0.6 is 11.3 Å². The first-order valence-corrected chi connectivity index (χ1v) is 9.54. The number of nitrogens with zero attached hydrogens (tertiary/aromatic N) is 5. The molecule has 2 heterocycles. The Morgan fingerprint density at radius 1 is 1.24 bits per heavy atom. The van der Waals surface area contributed by atoms with Gasteiger partial charge in [0.2, 0.25) is 5.13 Å². The molecule has 1 aromatic carbocycles. The van der Waals surface area contributed by atoms with E-state index >= 15 is 0 Å². The highest BCUT2D eigenvalue weighted by atomic mass is 32.1. The Hall–Kier alpha value is -2.35. The van der Waals surface area contributed by atoms with E-state index in [2.05, 4.69) is 25.8 Å². The Kier molecular flexibility index (Phi) is 4.44. The minimum Gasteiger partial charge on any atom is -0.296 e. The van der Waals surface area contributed by atoms with Gasteiger partial charge in [-0.1, -0.05) is 35.8 Å². The number of aryl methyl sites for hydroxylation is 1. The molecule has 2 aromatic heterocycles. The first kappa shape index (κ1) is 16.1. The average molecular weight is 356 g/mol. The molecule has 0 spiro atoms. The minimum absolute atomic E-state index is 0.195. The lowest BCUT2D eigenvalue weighted by molar-refractivity contribution is 0.102. The molecule has 7 nitrogen and oxygen atoms in total. The maximum atomic E-state index is 12.5. The van der Waals surface area contributed by atoms with Gasteiger partial charge in [-0.15, -0.1) is 15.3 Å². The van der Waals surface area contributed by atoms with Crippen LogP contribution in [-0.2, 0) is 6.54 Å². The maximum absolute atomic E-state index is 12.5. The summed E-state index contributed by atoms with van der Waals surface area (Å²) in [4.78, 5) is 12.5. The lowest BCUT2D eigenvalue weighted by Gasteiger charge is -2.18. The topological polar surface area (TPSA) is 85.6 Å². The number of nitrogens with one attached hydrogen (secondary N) is 1. The molecule has 0 unspecified atom stereocenters. The standard InChI is InChI=1S/C17H20N6OS/c1-2-23-14-9-8-12(10-13(14)19-22-23)15(24)18-17-21-20-16(25-17)11-6-4-3-5-7-11/h8-11H,2-7H2,1H3,(H,18,21,24). The third-order valence-electron chi connectivity index (χ3n) is 4.69. The quantitative estimate of drug-likeness (QED) is 0.772. The summed E-state index contributed by atoms with van der Waals surface area (Å²) in [5.74, 6) is 0.302. The van der Waals surface area contributed by atoms with E-state index in [9.17, 15) is 4.79 Å². The van der Waals surface area contributed by atoms with Crippen LogP contribution in [0, 0.1) is 0 Å². The molecule has 1 amide bonds. The number of aromatic nitrogens is 5.